The Balaban J connectivity index is 2.29. The molecule has 0 saturated heterocycles. The summed E-state index contributed by atoms with van der Waals surface area (Å²) in [6.07, 6.45) is 1.77. The molecule has 4 N–H and O–H groups in total. The Kier molecular flexibility index (Phi) is 4.14. The molecule has 0 bridgehead atoms. The number of aryl methyl sites for hydroxylation is 1. The second-order valence-corrected chi connectivity index (χ2v) is 5.49. The summed E-state index contributed by atoms with van der Waals surface area (Å²) in [6.45, 7) is 2.47. The molecule has 0 saturated carbocycles. The highest BCUT2D eigenvalue weighted by atomic mass is 32.1. The summed E-state index contributed by atoms with van der Waals surface area (Å²) < 4.78 is 1.78. The van der Waals surface area contributed by atoms with Crippen molar-refractivity contribution in [3.05, 3.63) is 27.9 Å². The van der Waals surface area contributed by atoms with Crippen molar-refractivity contribution in [3.63, 3.8) is 0 Å². The Morgan fingerprint density at radius 1 is 1.62 bits per heavy atom. The van der Waals surface area contributed by atoms with Crippen molar-refractivity contribution in [2.45, 2.75) is 13.5 Å². The number of thiophene rings is 1. The fourth-order valence-electron chi connectivity index (χ4n) is 1.90. The molecule has 7 nitrogen and oxygen atoms in total. The largest absolute Gasteiger partial charge is 0.396 e. The SMILES string of the molecule is CNC(=O)c1c(NCc2cnn(C)c2C)sc(C#N)c1N. The molecule has 0 aliphatic carbocycles. The number of anilines is 2. The molecule has 0 spiro atoms. The van der Waals surface area contributed by atoms with E-state index >= 15 is 0 Å². The van der Waals surface area contributed by atoms with Crippen LogP contribution in [0.2, 0.25) is 0 Å². The number of hydrogen-bond acceptors (Lipinski definition) is 6. The van der Waals surface area contributed by atoms with Crippen LogP contribution >= 0.6 is 11.3 Å². The number of carbonyl (C=O) groups is 1. The predicted molar refractivity (Wildman–Crippen MR) is 82.1 cm³/mol. The number of nitrogens with zero attached hydrogens (tertiary/aromatic N) is 3. The smallest absolute Gasteiger partial charge is 0.256 e. The predicted octanol–water partition coefficient (Wildman–Crippen LogP) is 1.22. The molecule has 110 valence electrons. The van der Waals surface area contributed by atoms with Gasteiger partial charge in [0.1, 0.15) is 15.9 Å². The van der Waals surface area contributed by atoms with Gasteiger partial charge in [0.2, 0.25) is 0 Å². The van der Waals surface area contributed by atoms with E-state index < -0.39 is 0 Å². The van der Waals surface area contributed by atoms with Crippen LogP contribution in [0.3, 0.4) is 0 Å². The lowest BCUT2D eigenvalue weighted by molar-refractivity contribution is 0.0965. The van der Waals surface area contributed by atoms with E-state index in [1.165, 1.54) is 18.4 Å². The van der Waals surface area contributed by atoms with Crippen molar-refractivity contribution < 1.29 is 4.79 Å². The molecule has 0 atom stereocenters. The standard InChI is InChI=1S/C13H16N6OS/c1-7-8(6-18-19(7)3)5-17-13-10(12(20)16-2)11(15)9(4-14)21-13/h6,17H,5,15H2,1-3H3,(H,16,20). The Bertz CT molecular complexity index is 724. The number of amides is 1. The van der Waals surface area contributed by atoms with Gasteiger partial charge in [0, 0.05) is 31.9 Å². The highest BCUT2D eigenvalue weighted by molar-refractivity contribution is 7.17. The van der Waals surface area contributed by atoms with Crippen LogP contribution in [0.1, 0.15) is 26.5 Å². The number of carbonyl (C=O) groups excluding carboxylic acids is 1. The van der Waals surface area contributed by atoms with Gasteiger partial charge in [0.25, 0.3) is 5.91 Å². The van der Waals surface area contributed by atoms with Crippen LogP contribution in [0.15, 0.2) is 6.20 Å². The van der Waals surface area contributed by atoms with E-state index in [9.17, 15) is 4.79 Å². The van der Waals surface area contributed by atoms with Crippen LogP contribution in [0, 0.1) is 18.3 Å². The molecule has 0 aliphatic heterocycles. The van der Waals surface area contributed by atoms with E-state index in [1.54, 1.807) is 10.9 Å². The third-order valence-electron chi connectivity index (χ3n) is 3.28. The van der Waals surface area contributed by atoms with Crippen LogP contribution < -0.4 is 16.4 Å². The number of rotatable bonds is 4. The Morgan fingerprint density at radius 2 is 2.33 bits per heavy atom. The van der Waals surface area contributed by atoms with Gasteiger partial charge in [-0.1, -0.05) is 0 Å². The molecule has 8 heteroatoms. The monoisotopic (exact) mass is 304 g/mol. The van der Waals surface area contributed by atoms with Gasteiger partial charge in [0.15, 0.2) is 0 Å². The summed E-state index contributed by atoms with van der Waals surface area (Å²) >= 11 is 1.18. The lowest BCUT2D eigenvalue weighted by Gasteiger charge is -2.07. The second kappa shape index (κ2) is 5.85. The maximum atomic E-state index is 11.9. The van der Waals surface area contributed by atoms with Gasteiger partial charge >= 0.3 is 0 Å². The van der Waals surface area contributed by atoms with Gasteiger partial charge in [-0.3, -0.25) is 9.48 Å². The number of nitrogens with two attached hydrogens (primary N) is 1. The second-order valence-electron chi connectivity index (χ2n) is 4.47. The maximum absolute atomic E-state index is 11.9. The van der Waals surface area contributed by atoms with Crippen molar-refractivity contribution in [3.8, 4) is 6.07 Å². The zero-order valence-corrected chi connectivity index (χ0v) is 12.8. The summed E-state index contributed by atoms with van der Waals surface area (Å²) in [6, 6.07) is 2.01. The summed E-state index contributed by atoms with van der Waals surface area (Å²) in [5.74, 6) is -0.310. The molecular weight excluding hydrogens is 288 g/mol. The molecule has 0 radical (unpaired) electrons. The van der Waals surface area contributed by atoms with E-state index in [-0.39, 0.29) is 11.6 Å². The maximum Gasteiger partial charge on any atom is 0.256 e. The average molecular weight is 304 g/mol. The quantitative estimate of drug-likeness (QED) is 0.787. The average Bonchev–Trinajstić information content (AvgIpc) is 2.97. The fourth-order valence-corrected chi connectivity index (χ4v) is 2.81. The molecule has 0 fully saturated rings. The molecule has 2 rings (SSSR count). The molecule has 1 amide bonds. The van der Waals surface area contributed by atoms with Crippen LogP contribution in [-0.2, 0) is 13.6 Å². The van der Waals surface area contributed by atoms with E-state index in [4.69, 9.17) is 11.0 Å². The van der Waals surface area contributed by atoms with Gasteiger partial charge in [-0.15, -0.1) is 11.3 Å². The van der Waals surface area contributed by atoms with Gasteiger partial charge in [-0.2, -0.15) is 10.4 Å². The first-order valence-corrected chi connectivity index (χ1v) is 7.07. The van der Waals surface area contributed by atoms with E-state index in [0.29, 0.717) is 22.0 Å². The fraction of sp³-hybridized carbons (Fsp3) is 0.308. The normalized spacial score (nSPS) is 10.2. The van der Waals surface area contributed by atoms with Crippen LogP contribution in [-0.4, -0.2) is 22.7 Å². The molecule has 2 heterocycles. The summed E-state index contributed by atoms with van der Waals surface area (Å²) in [5.41, 5.74) is 8.46. The lowest BCUT2D eigenvalue weighted by atomic mass is 10.2. The first-order valence-electron chi connectivity index (χ1n) is 6.25. The van der Waals surface area contributed by atoms with Gasteiger partial charge in [0.05, 0.1) is 17.4 Å². The third-order valence-corrected chi connectivity index (χ3v) is 4.35. The zero-order chi connectivity index (χ0) is 15.6. The van der Waals surface area contributed by atoms with Crippen LogP contribution in [0.5, 0.6) is 0 Å². The van der Waals surface area contributed by atoms with Gasteiger partial charge in [-0.05, 0) is 6.92 Å². The van der Waals surface area contributed by atoms with Crippen LogP contribution in [0.4, 0.5) is 10.7 Å². The Hall–Kier alpha value is -2.53. The lowest BCUT2D eigenvalue weighted by Crippen LogP contribution is -2.20. The minimum Gasteiger partial charge on any atom is -0.396 e. The van der Waals surface area contributed by atoms with E-state index in [2.05, 4.69) is 15.7 Å². The molecule has 21 heavy (non-hydrogen) atoms. The summed E-state index contributed by atoms with van der Waals surface area (Å²) in [4.78, 5) is 12.2. The minimum atomic E-state index is -0.310. The topological polar surface area (TPSA) is 109 Å². The Morgan fingerprint density at radius 3 is 2.86 bits per heavy atom. The van der Waals surface area contributed by atoms with E-state index in [1.807, 2.05) is 20.0 Å². The van der Waals surface area contributed by atoms with Gasteiger partial charge < -0.3 is 16.4 Å². The molecule has 0 aromatic carbocycles. The van der Waals surface area contributed by atoms with Crippen molar-refractivity contribution in [2.24, 2.45) is 7.05 Å². The summed E-state index contributed by atoms with van der Waals surface area (Å²) in [5, 5.41) is 19.5. The molecule has 0 aliphatic rings. The summed E-state index contributed by atoms with van der Waals surface area (Å²) in [7, 11) is 3.40. The number of nitrogens with one attached hydrogen (secondary N) is 2. The number of nitrogen functional groups attached to an aromatic ring is 1. The molecule has 2 aromatic rings. The first-order chi connectivity index (χ1) is 9.99. The number of hydrogen-bond donors (Lipinski definition) is 3. The van der Waals surface area contributed by atoms with Crippen molar-refractivity contribution in [2.75, 3.05) is 18.1 Å². The van der Waals surface area contributed by atoms with Crippen molar-refractivity contribution in [1.29, 1.82) is 5.26 Å². The molecule has 0 unspecified atom stereocenters. The van der Waals surface area contributed by atoms with Crippen molar-refractivity contribution in [1.82, 2.24) is 15.1 Å². The Labute approximate surface area is 126 Å². The van der Waals surface area contributed by atoms with E-state index in [0.717, 1.165) is 11.3 Å². The number of nitriles is 1. The first kappa shape index (κ1) is 14.9. The number of aromatic nitrogens is 2. The minimum absolute atomic E-state index is 0.215. The van der Waals surface area contributed by atoms with Gasteiger partial charge in [-0.25, -0.2) is 0 Å². The third kappa shape index (κ3) is 2.68. The molecule has 2 aromatic heterocycles. The van der Waals surface area contributed by atoms with Crippen LogP contribution in [0.25, 0.3) is 0 Å². The highest BCUT2D eigenvalue weighted by Crippen LogP contribution is 2.35. The highest BCUT2D eigenvalue weighted by Gasteiger charge is 2.21. The van der Waals surface area contributed by atoms with Crippen molar-refractivity contribution >= 4 is 27.9 Å². The zero-order valence-electron chi connectivity index (χ0n) is 12.0. The molecular formula is C13H16N6OS.